The summed E-state index contributed by atoms with van der Waals surface area (Å²) in [6.45, 7) is 5.34. The predicted molar refractivity (Wildman–Crippen MR) is 112 cm³/mol. The van der Waals surface area contributed by atoms with Crippen LogP contribution in [-0.4, -0.2) is 37.5 Å². The lowest BCUT2D eigenvalue weighted by atomic mass is 10.1. The number of nitrogens with zero attached hydrogens (tertiary/aromatic N) is 1. The molecule has 1 aliphatic rings. The molecule has 27 heavy (non-hydrogen) atoms. The molecule has 1 saturated heterocycles. The van der Waals surface area contributed by atoms with Crippen molar-refractivity contribution in [3.05, 3.63) is 65.2 Å². The van der Waals surface area contributed by atoms with Crippen LogP contribution in [0, 0.1) is 12.8 Å². The second-order valence-electron chi connectivity index (χ2n) is 7.09. The minimum Gasteiger partial charge on any atom is -0.489 e. The summed E-state index contributed by atoms with van der Waals surface area (Å²) in [5.74, 6) is 1.60. The van der Waals surface area contributed by atoms with E-state index in [2.05, 4.69) is 24.4 Å². The minimum absolute atomic E-state index is 0. The number of carbonyl (C=O) groups is 1. The number of hydrogen-bond acceptors (Lipinski definition) is 3. The van der Waals surface area contributed by atoms with Crippen molar-refractivity contribution in [2.75, 3.05) is 26.7 Å². The second-order valence-corrected chi connectivity index (χ2v) is 7.09. The van der Waals surface area contributed by atoms with Crippen LogP contribution in [-0.2, 0) is 17.8 Å². The third-order valence-corrected chi connectivity index (χ3v) is 5.04. The van der Waals surface area contributed by atoms with Gasteiger partial charge in [0.25, 0.3) is 0 Å². The highest BCUT2D eigenvalue weighted by atomic mass is 35.5. The van der Waals surface area contributed by atoms with Crippen LogP contribution in [0.1, 0.15) is 23.1 Å². The molecule has 0 radical (unpaired) electrons. The first-order valence-corrected chi connectivity index (χ1v) is 9.34. The Morgan fingerprint density at radius 2 is 2.04 bits per heavy atom. The summed E-state index contributed by atoms with van der Waals surface area (Å²) in [5, 5.41) is 3.20. The number of ether oxygens (including phenoxy) is 1. The van der Waals surface area contributed by atoms with Crippen LogP contribution in [0.2, 0.25) is 0 Å². The van der Waals surface area contributed by atoms with Gasteiger partial charge in [-0.1, -0.05) is 36.4 Å². The van der Waals surface area contributed by atoms with Crippen LogP contribution >= 0.6 is 12.4 Å². The second kappa shape index (κ2) is 10.3. The van der Waals surface area contributed by atoms with Gasteiger partial charge in [0, 0.05) is 13.1 Å². The Balaban J connectivity index is 0.00000261. The summed E-state index contributed by atoms with van der Waals surface area (Å²) < 4.78 is 5.94. The van der Waals surface area contributed by atoms with E-state index in [1.807, 2.05) is 48.3 Å². The number of halogens is 1. The Hall–Kier alpha value is -2.04. The van der Waals surface area contributed by atoms with E-state index < -0.39 is 0 Å². The van der Waals surface area contributed by atoms with Crippen molar-refractivity contribution in [1.82, 2.24) is 10.2 Å². The Kier molecular flexibility index (Phi) is 8.14. The molecular weight excluding hydrogens is 360 g/mol. The molecule has 1 fully saturated rings. The first-order valence-electron chi connectivity index (χ1n) is 9.34. The summed E-state index contributed by atoms with van der Waals surface area (Å²) in [6.07, 6.45) is 1.53. The zero-order valence-electron chi connectivity index (χ0n) is 16.1. The van der Waals surface area contributed by atoms with Crippen LogP contribution in [0.15, 0.2) is 48.5 Å². The van der Waals surface area contributed by atoms with E-state index in [1.165, 1.54) is 11.1 Å². The summed E-state index contributed by atoms with van der Waals surface area (Å²) >= 11 is 0. The van der Waals surface area contributed by atoms with Gasteiger partial charge in [0.2, 0.25) is 5.91 Å². The first kappa shape index (κ1) is 21.3. The quantitative estimate of drug-likeness (QED) is 0.787. The topological polar surface area (TPSA) is 41.6 Å². The van der Waals surface area contributed by atoms with Crippen molar-refractivity contribution in [1.29, 1.82) is 0 Å². The molecule has 4 nitrogen and oxygen atoms in total. The maximum Gasteiger partial charge on any atom is 0.227 e. The Morgan fingerprint density at radius 3 is 2.81 bits per heavy atom. The van der Waals surface area contributed by atoms with Crippen LogP contribution in [0.5, 0.6) is 5.75 Å². The van der Waals surface area contributed by atoms with Gasteiger partial charge in [-0.15, -0.1) is 12.4 Å². The number of rotatable bonds is 7. The minimum atomic E-state index is 0. The number of amides is 1. The molecule has 0 bridgehead atoms. The van der Waals surface area contributed by atoms with Crippen LogP contribution in [0.25, 0.3) is 0 Å². The van der Waals surface area contributed by atoms with Crippen LogP contribution in [0.4, 0.5) is 0 Å². The molecule has 146 valence electrons. The number of likely N-dealkylation sites (tertiary alicyclic amines) is 1. The van der Waals surface area contributed by atoms with E-state index in [9.17, 15) is 4.79 Å². The molecule has 1 atom stereocenters. The fraction of sp³-hybridized carbons (Fsp3) is 0.409. The number of nitrogens with one attached hydrogen (secondary N) is 1. The predicted octanol–water partition coefficient (Wildman–Crippen LogP) is 3.61. The fourth-order valence-electron chi connectivity index (χ4n) is 3.48. The molecule has 2 aromatic rings. The molecular formula is C22H29ClN2O2. The van der Waals surface area contributed by atoms with Gasteiger partial charge in [-0.05, 0) is 61.7 Å². The van der Waals surface area contributed by atoms with E-state index >= 15 is 0 Å². The highest BCUT2D eigenvalue weighted by molar-refractivity contribution is 5.85. The maximum atomic E-state index is 12.6. The third kappa shape index (κ3) is 5.98. The SMILES string of the molecule is CNCC1CCN(C(=O)Cc2cccc(OCc3ccccc3C)c2)C1.Cl. The smallest absolute Gasteiger partial charge is 0.227 e. The molecule has 0 aliphatic carbocycles. The van der Waals surface area contributed by atoms with E-state index in [-0.39, 0.29) is 18.3 Å². The van der Waals surface area contributed by atoms with Crippen LogP contribution < -0.4 is 10.1 Å². The van der Waals surface area contributed by atoms with Gasteiger partial charge in [0.1, 0.15) is 12.4 Å². The van der Waals surface area contributed by atoms with Crippen LogP contribution in [0.3, 0.4) is 0 Å². The molecule has 0 saturated carbocycles. The third-order valence-electron chi connectivity index (χ3n) is 5.04. The Bertz CT molecular complexity index is 751. The molecule has 2 aromatic carbocycles. The van der Waals surface area contributed by atoms with E-state index in [1.54, 1.807) is 0 Å². The molecule has 3 rings (SSSR count). The van der Waals surface area contributed by atoms with Crippen molar-refractivity contribution in [3.8, 4) is 5.75 Å². The number of carbonyl (C=O) groups excluding carboxylic acids is 1. The monoisotopic (exact) mass is 388 g/mol. The lowest BCUT2D eigenvalue weighted by Crippen LogP contribution is -2.31. The lowest BCUT2D eigenvalue weighted by molar-refractivity contribution is -0.129. The molecule has 0 spiro atoms. The Morgan fingerprint density at radius 1 is 1.22 bits per heavy atom. The number of benzene rings is 2. The molecule has 1 amide bonds. The largest absolute Gasteiger partial charge is 0.489 e. The molecule has 1 unspecified atom stereocenters. The fourth-order valence-corrected chi connectivity index (χ4v) is 3.48. The summed E-state index contributed by atoms with van der Waals surface area (Å²) in [5.41, 5.74) is 3.42. The standard InChI is InChI=1S/C22H28N2O2.ClH/c1-17-6-3-4-8-20(17)16-26-21-9-5-7-18(12-21)13-22(25)24-11-10-19(15-24)14-23-2;/h3-9,12,19,23H,10-11,13-16H2,1-2H3;1H. The van der Waals surface area contributed by atoms with Gasteiger partial charge in [-0.3, -0.25) is 4.79 Å². The van der Waals surface area contributed by atoms with Crippen molar-refractivity contribution in [2.24, 2.45) is 5.92 Å². The van der Waals surface area contributed by atoms with Gasteiger partial charge in [-0.25, -0.2) is 0 Å². The normalized spacial score (nSPS) is 16.1. The van der Waals surface area contributed by atoms with E-state index in [4.69, 9.17) is 4.74 Å². The molecule has 1 heterocycles. The van der Waals surface area contributed by atoms with E-state index in [0.717, 1.165) is 37.4 Å². The zero-order chi connectivity index (χ0) is 18.4. The van der Waals surface area contributed by atoms with Crippen molar-refractivity contribution in [2.45, 2.75) is 26.4 Å². The maximum absolute atomic E-state index is 12.6. The average molecular weight is 389 g/mol. The number of hydrogen-bond donors (Lipinski definition) is 1. The molecule has 0 aromatic heterocycles. The Labute approximate surface area is 168 Å². The van der Waals surface area contributed by atoms with Crippen molar-refractivity contribution >= 4 is 18.3 Å². The lowest BCUT2D eigenvalue weighted by Gasteiger charge is -2.17. The van der Waals surface area contributed by atoms with Gasteiger partial charge in [-0.2, -0.15) is 0 Å². The van der Waals surface area contributed by atoms with E-state index in [0.29, 0.717) is 18.9 Å². The van der Waals surface area contributed by atoms with Gasteiger partial charge >= 0.3 is 0 Å². The molecule has 5 heteroatoms. The highest BCUT2D eigenvalue weighted by Gasteiger charge is 2.25. The average Bonchev–Trinajstić information content (AvgIpc) is 3.11. The van der Waals surface area contributed by atoms with Gasteiger partial charge < -0.3 is 15.0 Å². The zero-order valence-corrected chi connectivity index (χ0v) is 16.9. The van der Waals surface area contributed by atoms with Crippen molar-refractivity contribution in [3.63, 3.8) is 0 Å². The van der Waals surface area contributed by atoms with Crippen molar-refractivity contribution < 1.29 is 9.53 Å². The molecule has 1 N–H and O–H groups in total. The summed E-state index contributed by atoms with van der Waals surface area (Å²) in [7, 11) is 1.97. The molecule has 1 aliphatic heterocycles. The summed E-state index contributed by atoms with van der Waals surface area (Å²) in [4.78, 5) is 14.6. The number of aryl methyl sites for hydroxylation is 1. The van der Waals surface area contributed by atoms with Gasteiger partial charge in [0.15, 0.2) is 0 Å². The first-order chi connectivity index (χ1) is 12.7. The highest BCUT2D eigenvalue weighted by Crippen LogP contribution is 2.20. The summed E-state index contributed by atoms with van der Waals surface area (Å²) in [6, 6.07) is 16.1. The van der Waals surface area contributed by atoms with Gasteiger partial charge in [0.05, 0.1) is 6.42 Å².